The van der Waals surface area contributed by atoms with Gasteiger partial charge in [-0.25, -0.2) is 13.2 Å². The Morgan fingerprint density at radius 2 is 1.74 bits per heavy atom. The quantitative estimate of drug-likeness (QED) is 0.525. The maximum atomic E-state index is 11.6. The van der Waals surface area contributed by atoms with E-state index in [1.54, 1.807) is 0 Å². The Bertz CT molecular complexity index is 459. The van der Waals surface area contributed by atoms with E-state index in [4.69, 9.17) is 5.11 Å². The van der Waals surface area contributed by atoms with Crippen LogP contribution >= 0.6 is 0 Å². The van der Waals surface area contributed by atoms with Gasteiger partial charge in [0.15, 0.2) is 0 Å². The highest BCUT2D eigenvalue weighted by atomic mass is 32.2. The van der Waals surface area contributed by atoms with E-state index < -0.39 is 39.7 Å². The molecule has 0 heterocycles. The Hall–Kier alpha value is -1.64. The van der Waals surface area contributed by atoms with Crippen molar-refractivity contribution in [1.82, 2.24) is 10.6 Å². The van der Waals surface area contributed by atoms with Gasteiger partial charge >= 0.3 is 5.97 Å². The number of carboxylic acid groups (broad SMARTS) is 1. The van der Waals surface area contributed by atoms with E-state index in [1.807, 2.05) is 0 Å². The molecule has 0 aromatic carbocycles. The van der Waals surface area contributed by atoms with Crippen LogP contribution in [0.3, 0.4) is 0 Å². The molecule has 19 heavy (non-hydrogen) atoms. The van der Waals surface area contributed by atoms with Crippen LogP contribution in [0.25, 0.3) is 0 Å². The highest BCUT2D eigenvalue weighted by Crippen LogP contribution is 1.98. The minimum absolute atomic E-state index is 0.229. The third kappa shape index (κ3) is 8.14. The van der Waals surface area contributed by atoms with Crippen LogP contribution in [0.1, 0.15) is 20.3 Å². The summed E-state index contributed by atoms with van der Waals surface area (Å²) in [7, 11) is -3.31. The first-order valence-corrected chi connectivity index (χ1v) is 7.57. The lowest BCUT2D eigenvalue weighted by atomic mass is 10.2. The first kappa shape index (κ1) is 17.4. The molecule has 2 amide bonds. The van der Waals surface area contributed by atoms with Crippen LogP contribution in [0, 0.1) is 0 Å². The second-order valence-electron chi connectivity index (χ2n) is 4.24. The summed E-state index contributed by atoms with van der Waals surface area (Å²) in [6, 6.07) is -2.20. The molecule has 3 N–H and O–H groups in total. The number of nitrogens with one attached hydrogen (secondary N) is 2. The zero-order chi connectivity index (χ0) is 15.2. The fraction of sp³-hybridized carbons (Fsp3) is 0.700. The monoisotopic (exact) mass is 294 g/mol. The Balaban J connectivity index is 4.54. The summed E-state index contributed by atoms with van der Waals surface area (Å²) >= 11 is 0. The number of carboxylic acids is 1. The lowest BCUT2D eigenvalue weighted by Gasteiger charge is -2.17. The van der Waals surface area contributed by atoms with Gasteiger partial charge in [-0.15, -0.1) is 0 Å². The van der Waals surface area contributed by atoms with Gasteiger partial charge in [0.05, 0.1) is 5.75 Å². The molecule has 0 aromatic heterocycles. The summed E-state index contributed by atoms with van der Waals surface area (Å²) < 4.78 is 21.9. The first-order valence-electron chi connectivity index (χ1n) is 5.51. The number of hydrogen-bond acceptors (Lipinski definition) is 5. The van der Waals surface area contributed by atoms with Gasteiger partial charge in [-0.2, -0.15) is 0 Å². The summed E-state index contributed by atoms with van der Waals surface area (Å²) in [6.07, 6.45) is 0.750. The Morgan fingerprint density at radius 1 is 1.21 bits per heavy atom. The van der Waals surface area contributed by atoms with Crippen LogP contribution < -0.4 is 10.6 Å². The van der Waals surface area contributed by atoms with Crippen molar-refractivity contribution in [2.24, 2.45) is 0 Å². The molecule has 0 bridgehead atoms. The van der Waals surface area contributed by atoms with Gasteiger partial charge < -0.3 is 15.7 Å². The zero-order valence-electron chi connectivity index (χ0n) is 11.0. The molecule has 8 nitrogen and oxygen atoms in total. The lowest BCUT2D eigenvalue weighted by Crippen LogP contribution is -2.50. The van der Waals surface area contributed by atoms with E-state index >= 15 is 0 Å². The summed E-state index contributed by atoms with van der Waals surface area (Å²) in [4.78, 5) is 33.2. The van der Waals surface area contributed by atoms with Crippen LogP contribution in [-0.2, 0) is 24.2 Å². The van der Waals surface area contributed by atoms with Gasteiger partial charge in [0.1, 0.15) is 21.9 Å². The Kier molecular flexibility index (Phi) is 6.46. The van der Waals surface area contributed by atoms with Gasteiger partial charge in [0.2, 0.25) is 11.8 Å². The standard InChI is InChI=1S/C10H18N2O6S/c1-6(11-7(2)13)9(14)12-8(10(15)16)4-5-19(3,17)18/h6,8H,4-5H2,1-3H3,(H,11,13)(H,12,14)(H,15,16). The van der Waals surface area contributed by atoms with Crippen molar-refractivity contribution in [3.63, 3.8) is 0 Å². The SMILES string of the molecule is CC(=O)NC(C)C(=O)NC(CCS(C)(=O)=O)C(=O)O. The smallest absolute Gasteiger partial charge is 0.326 e. The van der Waals surface area contributed by atoms with E-state index in [1.165, 1.54) is 13.8 Å². The molecule has 9 heteroatoms. The number of hydrogen-bond donors (Lipinski definition) is 3. The molecule has 110 valence electrons. The minimum atomic E-state index is -3.31. The average molecular weight is 294 g/mol. The van der Waals surface area contributed by atoms with Crippen molar-refractivity contribution in [3.8, 4) is 0 Å². The maximum Gasteiger partial charge on any atom is 0.326 e. The van der Waals surface area contributed by atoms with E-state index in [0.29, 0.717) is 0 Å². The number of aliphatic carboxylic acids is 1. The molecule has 0 radical (unpaired) electrons. The molecule has 0 saturated carbocycles. The second-order valence-corrected chi connectivity index (χ2v) is 6.50. The summed E-state index contributed by atoms with van der Waals surface area (Å²) in [5, 5.41) is 13.4. The molecule has 2 unspecified atom stereocenters. The number of amides is 2. The highest BCUT2D eigenvalue weighted by molar-refractivity contribution is 7.90. The molecular weight excluding hydrogens is 276 g/mol. The molecule has 0 fully saturated rings. The Labute approximate surface area is 111 Å². The normalized spacial score (nSPS) is 14.3. The fourth-order valence-electron chi connectivity index (χ4n) is 1.26. The van der Waals surface area contributed by atoms with Gasteiger partial charge in [0.25, 0.3) is 0 Å². The molecule has 0 aromatic rings. The molecular formula is C10H18N2O6S. The summed E-state index contributed by atoms with van der Waals surface area (Å²) in [6.45, 7) is 2.62. The van der Waals surface area contributed by atoms with Crippen molar-refractivity contribution < 1.29 is 27.9 Å². The third-order valence-electron chi connectivity index (χ3n) is 2.20. The van der Waals surface area contributed by atoms with E-state index in [9.17, 15) is 22.8 Å². The fourth-order valence-corrected chi connectivity index (χ4v) is 1.92. The number of sulfone groups is 1. The third-order valence-corrected chi connectivity index (χ3v) is 3.18. The van der Waals surface area contributed by atoms with Crippen molar-refractivity contribution in [2.75, 3.05) is 12.0 Å². The van der Waals surface area contributed by atoms with Gasteiger partial charge in [-0.3, -0.25) is 9.59 Å². The van der Waals surface area contributed by atoms with Crippen LogP contribution in [0.4, 0.5) is 0 Å². The molecule has 0 rings (SSSR count). The average Bonchev–Trinajstić information content (AvgIpc) is 2.20. The molecule has 0 saturated heterocycles. The largest absolute Gasteiger partial charge is 0.480 e. The molecule has 0 aliphatic rings. The first-order chi connectivity index (χ1) is 8.53. The summed E-state index contributed by atoms with van der Waals surface area (Å²) in [5.74, 6) is -2.78. The van der Waals surface area contributed by atoms with Crippen molar-refractivity contribution in [3.05, 3.63) is 0 Å². The minimum Gasteiger partial charge on any atom is -0.480 e. The van der Waals surface area contributed by atoms with E-state index in [0.717, 1.165) is 6.26 Å². The van der Waals surface area contributed by atoms with Gasteiger partial charge in [-0.1, -0.05) is 0 Å². The van der Waals surface area contributed by atoms with Crippen LogP contribution in [0.5, 0.6) is 0 Å². The molecule has 0 spiro atoms. The molecule has 0 aliphatic carbocycles. The molecule has 2 atom stereocenters. The molecule has 0 aliphatic heterocycles. The van der Waals surface area contributed by atoms with Crippen LogP contribution in [0.15, 0.2) is 0 Å². The number of carbonyl (C=O) groups excluding carboxylic acids is 2. The predicted octanol–water partition coefficient (Wildman–Crippen LogP) is -1.48. The van der Waals surface area contributed by atoms with Crippen molar-refractivity contribution >= 4 is 27.6 Å². The van der Waals surface area contributed by atoms with Crippen LogP contribution in [-0.4, -0.2) is 55.4 Å². The van der Waals surface area contributed by atoms with Gasteiger partial charge in [-0.05, 0) is 13.3 Å². The number of carbonyl (C=O) groups is 3. The van der Waals surface area contributed by atoms with Crippen molar-refractivity contribution in [2.45, 2.75) is 32.4 Å². The number of rotatable bonds is 7. The zero-order valence-corrected chi connectivity index (χ0v) is 11.8. The van der Waals surface area contributed by atoms with Gasteiger partial charge in [0, 0.05) is 13.2 Å². The lowest BCUT2D eigenvalue weighted by molar-refractivity contribution is -0.142. The second kappa shape index (κ2) is 7.07. The van der Waals surface area contributed by atoms with E-state index in [2.05, 4.69) is 10.6 Å². The van der Waals surface area contributed by atoms with E-state index in [-0.39, 0.29) is 12.2 Å². The summed E-state index contributed by atoms with van der Waals surface area (Å²) in [5.41, 5.74) is 0. The topological polar surface area (TPSA) is 130 Å². The van der Waals surface area contributed by atoms with Crippen molar-refractivity contribution in [1.29, 1.82) is 0 Å². The highest BCUT2D eigenvalue weighted by Gasteiger charge is 2.24. The van der Waals surface area contributed by atoms with Crippen LogP contribution in [0.2, 0.25) is 0 Å². The maximum absolute atomic E-state index is 11.6. The Morgan fingerprint density at radius 3 is 2.11 bits per heavy atom. The predicted molar refractivity (Wildman–Crippen MR) is 67.2 cm³/mol.